The van der Waals surface area contributed by atoms with Crippen LogP contribution < -0.4 is 0 Å². The van der Waals surface area contributed by atoms with Crippen LogP contribution in [0.1, 0.15) is 12.5 Å². The number of likely N-dealkylation sites (N-methyl/N-ethyl adjacent to an activating group) is 1. The van der Waals surface area contributed by atoms with Crippen LogP contribution in [0.2, 0.25) is 5.02 Å². The van der Waals surface area contributed by atoms with Gasteiger partial charge in [-0.05, 0) is 31.7 Å². The number of carboxylic acid groups (broad SMARTS) is 1. The van der Waals surface area contributed by atoms with E-state index in [9.17, 15) is 4.79 Å². The van der Waals surface area contributed by atoms with Crippen molar-refractivity contribution >= 4 is 17.6 Å². The molecule has 5 heteroatoms. The molecule has 1 aromatic rings. The third kappa shape index (κ3) is 5.04. The molecule has 18 heavy (non-hydrogen) atoms. The molecule has 4 nitrogen and oxygen atoms in total. The highest BCUT2D eigenvalue weighted by Crippen LogP contribution is 2.12. The van der Waals surface area contributed by atoms with E-state index in [0.717, 1.165) is 5.56 Å². The summed E-state index contributed by atoms with van der Waals surface area (Å²) in [4.78, 5) is 12.9. The molecule has 1 rings (SSSR count). The molecule has 0 aliphatic rings. The highest BCUT2D eigenvalue weighted by molar-refractivity contribution is 6.30. The zero-order valence-electron chi connectivity index (χ0n) is 10.6. The summed E-state index contributed by atoms with van der Waals surface area (Å²) in [7, 11) is 1.86. The first-order valence-electron chi connectivity index (χ1n) is 5.80. The topological polar surface area (TPSA) is 49.8 Å². The lowest BCUT2D eigenvalue weighted by molar-refractivity contribution is -0.151. The first-order chi connectivity index (χ1) is 8.52. The molecule has 1 aromatic carbocycles. The van der Waals surface area contributed by atoms with Crippen molar-refractivity contribution in [2.24, 2.45) is 0 Å². The Bertz CT molecular complexity index is 398. The molecule has 1 unspecified atom stereocenters. The van der Waals surface area contributed by atoms with E-state index in [1.165, 1.54) is 0 Å². The maximum absolute atomic E-state index is 11.0. The van der Waals surface area contributed by atoms with Gasteiger partial charge in [-0.2, -0.15) is 0 Å². The van der Waals surface area contributed by atoms with Crippen LogP contribution in [-0.2, 0) is 16.1 Å². The van der Waals surface area contributed by atoms with E-state index in [1.54, 1.807) is 6.92 Å². The first kappa shape index (κ1) is 15.0. The molecule has 0 bridgehead atoms. The molecule has 0 spiro atoms. The predicted molar refractivity (Wildman–Crippen MR) is 70.8 cm³/mol. The van der Waals surface area contributed by atoms with Crippen molar-refractivity contribution in [3.05, 3.63) is 34.9 Å². The molecule has 0 saturated heterocycles. The van der Waals surface area contributed by atoms with Crippen molar-refractivity contribution in [2.75, 3.05) is 20.2 Å². The fourth-order valence-electron chi connectivity index (χ4n) is 1.70. The Hall–Kier alpha value is -1.10. The molecule has 0 aromatic heterocycles. The summed E-state index contributed by atoms with van der Waals surface area (Å²) in [5, 5.41) is 9.67. The number of nitrogens with zero attached hydrogens (tertiary/aromatic N) is 1. The van der Waals surface area contributed by atoms with Gasteiger partial charge in [0.25, 0.3) is 0 Å². The maximum Gasteiger partial charge on any atom is 0.334 e. The van der Waals surface area contributed by atoms with Gasteiger partial charge in [-0.1, -0.05) is 23.7 Å². The molecule has 0 radical (unpaired) electrons. The smallest absolute Gasteiger partial charge is 0.334 e. The first-order valence-corrected chi connectivity index (χ1v) is 6.18. The largest absolute Gasteiger partial charge is 0.479 e. The van der Waals surface area contributed by atoms with Gasteiger partial charge in [0.05, 0.1) is 0 Å². The minimum Gasteiger partial charge on any atom is -0.479 e. The number of rotatable bonds is 7. The molecule has 0 aliphatic heterocycles. The van der Waals surface area contributed by atoms with E-state index in [0.29, 0.717) is 24.7 Å². The van der Waals surface area contributed by atoms with Crippen LogP contribution in [0.4, 0.5) is 0 Å². The van der Waals surface area contributed by atoms with Gasteiger partial charge in [-0.25, -0.2) is 4.79 Å². The summed E-state index contributed by atoms with van der Waals surface area (Å²) in [5.74, 6) is -0.935. The molecular weight excluding hydrogens is 254 g/mol. The normalized spacial score (nSPS) is 12.7. The Morgan fingerprint density at radius 2 is 2.28 bits per heavy atom. The summed E-state index contributed by atoms with van der Waals surface area (Å²) >= 11 is 5.90. The number of hydrogen-bond acceptors (Lipinski definition) is 3. The van der Waals surface area contributed by atoms with Crippen LogP contribution in [0.25, 0.3) is 0 Å². The van der Waals surface area contributed by atoms with Crippen molar-refractivity contribution in [2.45, 2.75) is 19.6 Å². The molecule has 0 aliphatic carbocycles. The monoisotopic (exact) mass is 271 g/mol. The number of carbonyl (C=O) groups is 1. The van der Waals surface area contributed by atoms with Gasteiger partial charge in [-0.15, -0.1) is 0 Å². The maximum atomic E-state index is 11.0. The molecular formula is C13H18ClNO3. The minimum absolute atomic E-state index is 0.343. The Morgan fingerprint density at radius 1 is 1.56 bits per heavy atom. The quantitative estimate of drug-likeness (QED) is 0.826. The summed E-state index contributed by atoms with van der Waals surface area (Å²) < 4.78 is 5.17. The SMILES string of the molecule is CCOC(CN(C)Cc1cccc(Cl)c1)C(=O)O. The molecule has 1 N–H and O–H groups in total. The molecule has 0 saturated carbocycles. The second-order valence-corrected chi connectivity index (χ2v) is 4.55. The van der Waals surface area contributed by atoms with Gasteiger partial charge in [0.2, 0.25) is 0 Å². The number of benzene rings is 1. The highest BCUT2D eigenvalue weighted by Gasteiger charge is 2.19. The van der Waals surface area contributed by atoms with E-state index in [1.807, 2.05) is 36.2 Å². The summed E-state index contributed by atoms with van der Waals surface area (Å²) in [6, 6.07) is 7.52. The van der Waals surface area contributed by atoms with Crippen molar-refractivity contribution in [1.29, 1.82) is 0 Å². The average Bonchev–Trinajstić information content (AvgIpc) is 2.28. The minimum atomic E-state index is -0.935. The Kier molecular flexibility index (Phi) is 6.12. The van der Waals surface area contributed by atoms with Crippen LogP contribution in [0.15, 0.2) is 24.3 Å². The predicted octanol–water partition coefficient (Wildman–Crippen LogP) is 2.26. The van der Waals surface area contributed by atoms with Crippen LogP contribution >= 0.6 is 11.6 Å². The second kappa shape index (κ2) is 7.36. The Labute approximate surface area is 112 Å². The fourth-order valence-corrected chi connectivity index (χ4v) is 1.91. The van der Waals surface area contributed by atoms with Gasteiger partial charge in [0, 0.05) is 24.7 Å². The van der Waals surface area contributed by atoms with Crippen LogP contribution in [0.3, 0.4) is 0 Å². The van der Waals surface area contributed by atoms with E-state index >= 15 is 0 Å². The van der Waals surface area contributed by atoms with Crippen molar-refractivity contribution in [3.63, 3.8) is 0 Å². The van der Waals surface area contributed by atoms with Gasteiger partial charge >= 0.3 is 5.97 Å². The summed E-state index contributed by atoms with van der Waals surface area (Å²) in [5.41, 5.74) is 1.05. The van der Waals surface area contributed by atoms with E-state index in [2.05, 4.69) is 0 Å². The number of hydrogen-bond donors (Lipinski definition) is 1. The number of ether oxygens (including phenoxy) is 1. The molecule has 100 valence electrons. The van der Waals surface area contributed by atoms with Crippen LogP contribution in [0, 0.1) is 0 Å². The average molecular weight is 272 g/mol. The van der Waals surface area contributed by atoms with Gasteiger partial charge in [0.1, 0.15) is 0 Å². The zero-order valence-corrected chi connectivity index (χ0v) is 11.4. The number of halogens is 1. The Morgan fingerprint density at radius 3 is 2.83 bits per heavy atom. The standard InChI is InChI=1S/C13H18ClNO3/c1-3-18-12(13(16)17)9-15(2)8-10-5-4-6-11(14)7-10/h4-7,12H,3,8-9H2,1-2H3,(H,16,17). The van der Waals surface area contributed by atoms with Crippen molar-refractivity contribution in [3.8, 4) is 0 Å². The molecule has 1 atom stereocenters. The van der Waals surface area contributed by atoms with Crippen LogP contribution in [-0.4, -0.2) is 42.3 Å². The lowest BCUT2D eigenvalue weighted by atomic mass is 10.2. The molecule has 0 fully saturated rings. The van der Waals surface area contributed by atoms with Gasteiger partial charge in [-0.3, -0.25) is 4.90 Å². The van der Waals surface area contributed by atoms with Crippen molar-refractivity contribution in [1.82, 2.24) is 4.90 Å². The number of carboxylic acids is 1. The summed E-state index contributed by atoms with van der Waals surface area (Å²) in [6.45, 7) is 3.15. The lowest BCUT2D eigenvalue weighted by Gasteiger charge is -2.21. The lowest BCUT2D eigenvalue weighted by Crippen LogP contribution is -2.36. The fraction of sp³-hybridized carbons (Fsp3) is 0.462. The summed E-state index contributed by atoms with van der Waals surface area (Å²) in [6.07, 6.45) is -0.792. The number of aliphatic carboxylic acids is 1. The molecule has 0 amide bonds. The third-order valence-electron chi connectivity index (χ3n) is 2.46. The highest BCUT2D eigenvalue weighted by atomic mass is 35.5. The van der Waals surface area contributed by atoms with Crippen molar-refractivity contribution < 1.29 is 14.6 Å². The zero-order chi connectivity index (χ0) is 13.5. The van der Waals surface area contributed by atoms with E-state index in [4.69, 9.17) is 21.4 Å². The second-order valence-electron chi connectivity index (χ2n) is 4.11. The van der Waals surface area contributed by atoms with Gasteiger partial charge in [0.15, 0.2) is 6.10 Å². The van der Waals surface area contributed by atoms with Crippen LogP contribution in [0.5, 0.6) is 0 Å². The van der Waals surface area contributed by atoms with Gasteiger partial charge < -0.3 is 9.84 Å². The third-order valence-corrected chi connectivity index (χ3v) is 2.70. The van der Waals surface area contributed by atoms with E-state index < -0.39 is 12.1 Å². The van der Waals surface area contributed by atoms with E-state index in [-0.39, 0.29) is 0 Å². The Balaban J connectivity index is 2.54. The molecule has 0 heterocycles.